The number of amides is 1. The highest BCUT2D eigenvalue weighted by atomic mass is 79.9. The van der Waals surface area contributed by atoms with E-state index in [0.29, 0.717) is 11.4 Å². The molecule has 0 fully saturated rings. The Hall–Kier alpha value is -2.19. The average Bonchev–Trinajstić information content (AvgIpc) is 2.42. The zero-order chi connectivity index (χ0) is 13.7. The van der Waals surface area contributed by atoms with E-state index in [1.807, 2.05) is 12.1 Å². The van der Waals surface area contributed by atoms with Gasteiger partial charge in [0.25, 0.3) is 0 Å². The third-order valence-corrected chi connectivity index (χ3v) is 2.91. The Bertz CT molecular complexity index is 615. The van der Waals surface area contributed by atoms with Crippen LogP contribution in [0.5, 0.6) is 0 Å². The summed E-state index contributed by atoms with van der Waals surface area (Å²) in [4.78, 5) is 15.9. The Kier molecular flexibility index (Phi) is 4.26. The molecule has 0 aliphatic carbocycles. The van der Waals surface area contributed by atoms with Crippen molar-refractivity contribution in [3.05, 3.63) is 58.2 Å². The molecule has 0 aliphatic rings. The minimum absolute atomic E-state index is 0.139. The van der Waals surface area contributed by atoms with Gasteiger partial charge in [0.15, 0.2) is 0 Å². The van der Waals surface area contributed by atoms with E-state index in [0.717, 1.165) is 10.0 Å². The van der Waals surface area contributed by atoms with E-state index in [-0.39, 0.29) is 12.3 Å². The van der Waals surface area contributed by atoms with Gasteiger partial charge in [0.05, 0.1) is 18.1 Å². The molecule has 94 valence electrons. The van der Waals surface area contributed by atoms with E-state index in [2.05, 4.69) is 26.2 Å². The second kappa shape index (κ2) is 6.12. The number of carbonyl (C=O) groups is 1. The Morgan fingerprint density at radius 2 is 2.00 bits per heavy atom. The second-order valence-corrected chi connectivity index (χ2v) is 4.81. The van der Waals surface area contributed by atoms with Crippen LogP contribution in [-0.2, 0) is 11.2 Å². The number of pyridine rings is 1. The van der Waals surface area contributed by atoms with E-state index in [9.17, 15) is 4.79 Å². The molecular weight excluding hydrogens is 306 g/mol. The van der Waals surface area contributed by atoms with Gasteiger partial charge in [-0.1, -0.05) is 12.1 Å². The lowest BCUT2D eigenvalue weighted by atomic mass is 10.1. The molecule has 1 aromatic carbocycles. The topological polar surface area (TPSA) is 65.8 Å². The molecule has 4 nitrogen and oxygen atoms in total. The van der Waals surface area contributed by atoms with Crippen molar-refractivity contribution in [1.29, 1.82) is 5.26 Å². The normalized spacial score (nSPS) is 9.68. The Labute approximate surface area is 119 Å². The number of nitrogens with zero attached hydrogens (tertiary/aromatic N) is 2. The van der Waals surface area contributed by atoms with Crippen molar-refractivity contribution in [3.8, 4) is 6.07 Å². The fourth-order valence-electron chi connectivity index (χ4n) is 1.52. The van der Waals surface area contributed by atoms with Gasteiger partial charge in [-0.15, -0.1) is 0 Å². The molecular formula is C14H10BrN3O. The summed E-state index contributed by atoms with van der Waals surface area (Å²) in [7, 11) is 0. The number of anilines is 1. The first-order chi connectivity index (χ1) is 9.17. The summed E-state index contributed by atoms with van der Waals surface area (Å²) in [5.41, 5.74) is 1.44. The van der Waals surface area contributed by atoms with Crippen molar-refractivity contribution in [3.63, 3.8) is 0 Å². The van der Waals surface area contributed by atoms with Gasteiger partial charge in [-0.25, -0.2) is 4.98 Å². The number of hydrogen-bond donors (Lipinski definition) is 1. The van der Waals surface area contributed by atoms with E-state index in [1.54, 1.807) is 36.5 Å². The van der Waals surface area contributed by atoms with Crippen LogP contribution in [0.4, 0.5) is 5.82 Å². The quantitative estimate of drug-likeness (QED) is 0.947. The van der Waals surface area contributed by atoms with Crippen LogP contribution >= 0.6 is 15.9 Å². The van der Waals surface area contributed by atoms with Gasteiger partial charge in [0.1, 0.15) is 5.82 Å². The maximum atomic E-state index is 11.8. The Morgan fingerprint density at radius 3 is 2.58 bits per heavy atom. The predicted octanol–water partition coefficient (Wildman–Crippen LogP) is 2.90. The molecule has 0 saturated heterocycles. The third kappa shape index (κ3) is 3.90. The molecule has 0 radical (unpaired) electrons. The molecule has 0 aliphatic heterocycles. The van der Waals surface area contributed by atoms with Crippen molar-refractivity contribution >= 4 is 27.7 Å². The summed E-state index contributed by atoms with van der Waals surface area (Å²) in [6.45, 7) is 0. The molecule has 1 heterocycles. The summed E-state index contributed by atoms with van der Waals surface area (Å²) in [5, 5.41) is 11.4. The molecule has 0 spiro atoms. The maximum absolute atomic E-state index is 11.8. The van der Waals surface area contributed by atoms with Crippen LogP contribution in [0.2, 0.25) is 0 Å². The predicted molar refractivity (Wildman–Crippen MR) is 75.4 cm³/mol. The first-order valence-electron chi connectivity index (χ1n) is 5.58. The van der Waals surface area contributed by atoms with Crippen molar-refractivity contribution in [2.75, 3.05) is 5.32 Å². The number of benzene rings is 1. The summed E-state index contributed by atoms with van der Waals surface area (Å²) in [6, 6.07) is 12.5. The van der Waals surface area contributed by atoms with Gasteiger partial charge in [-0.3, -0.25) is 4.79 Å². The number of nitriles is 1. The van der Waals surface area contributed by atoms with Gasteiger partial charge in [-0.2, -0.15) is 5.26 Å². The largest absolute Gasteiger partial charge is 0.310 e. The van der Waals surface area contributed by atoms with Gasteiger partial charge >= 0.3 is 0 Å². The van der Waals surface area contributed by atoms with Crippen LogP contribution in [0.15, 0.2) is 47.1 Å². The first kappa shape index (κ1) is 13.2. The molecule has 0 unspecified atom stereocenters. The van der Waals surface area contributed by atoms with Gasteiger partial charge in [-0.05, 0) is 45.8 Å². The second-order valence-electron chi connectivity index (χ2n) is 3.90. The van der Waals surface area contributed by atoms with Gasteiger partial charge < -0.3 is 5.32 Å². The molecule has 5 heteroatoms. The number of carbonyl (C=O) groups excluding carboxylic acids is 1. The molecule has 0 bridgehead atoms. The van der Waals surface area contributed by atoms with Gasteiger partial charge in [0, 0.05) is 10.7 Å². The fraction of sp³-hybridized carbons (Fsp3) is 0.0714. The maximum Gasteiger partial charge on any atom is 0.229 e. The van der Waals surface area contributed by atoms with E-state index < -0.39 is 0 Å². The fourth-order valence-corrected chi connectivity index (χ4v) is 1.75. The number of halogens is 1. The summed E-state index contributed by atoms with van der Waals surface area (Å²) in [5.74, 6) is 0.376. The highest BCUT2D eigenvalue weighted by molar-refractivity contribution is 9.10. The van der Waals surface area contributed by atoms with Crippen LogP contribution in [0.25, 0.3) is 0 Å². The molecule has 1 amide bonds. The molecule has 2 rings (SSSR count). The van der Waals surface area contributed by atoms with Crippen molar-refractivity contribution in [2.45, 2.75) is 6.42 Å². The van der Waals surface area contributed by atoms with Crippen LogP contribution in [-0.4, -0.2) is 10.9 Å². The molecule has 19 heavy (non-hydrogen) atoms. The van der Waals surface area contributed by atoms with Crippen LogP contribution in [0.3, 0.4) is 0 Å². The first-order valence-corrected chi connectivity index (χ1v) is 6.37. The molecule has 1 aromatic heterocycles. The molecule has 0 atom stereocenters. The number of hydrogen-bond acceptors (Lipinski definition) is 3. The lowest BCUT2D eigenvalue weighted by molar-refractivity contribution is -0.115. The SMILES string of the molecule is N#Cc1ccc(CC(=O)Nc2ccc(Br)cn2)cc1. The lowest BCUT2D eigenvalue weighted by Crippen LogP contribution is -2.15. The average molecular weight is 316 g/mol. The molecule has 2 aromatic rings. The van der Waals surface area contributed by atoms with Crippen LogP contribution < -0.4 is 5.32 Å². The minimum atomic E-state index is -0.139. The summed E-state index contributed by atoms with van der Waals surface area (Å²) in [6.07, 6.45) is 1.88. The van der Waals surface area contributed by atoms with Crippen molar-refractivity contribution in [2.24, 2.45) is 0 Å². The van der Waals surface area contributed by atoms with E-state index in [4.69, 9.17) is 5.26 Å². The van der Waals surface area contributed by atoms with E-state index >= 15 is 0 Å². The number of aromatic nitrogens is 1. The zero-order valence-electron chi connectivity index (χ0n) is 9.93. The Morgan fingerprint density at radius 1 is 1.26 bits per heavy atom. The minimum Gasteiger partial charge on any atom is -0.310 e. The number of rotatable bonds is 3. The highest BCUT2D eigenvalue weighted by Crippen LogP contribution is 2.11. The third-order valence-electron chi connectivity index (χ3n) is 2.44. The van der Waals surface area contributed by atoms with Crippen molar-refractivity contribution < 1.29 is 4.79 Å². The van der Waals surface area contributed by atoms with Crippen molar-refractivity contribution in [1.82, 2.24) is 4.98 Å². The van der Waals surface area contributed by atoms with Gasteiger partial charge in [0.2, 0.25) is 5.91 Å². The Balaban J connectivity index is 1.97. The smallest absolute Gasteiger partial charge is 0.229 e. The van der Waals surface area contributed by atoms with Crippen LogP contribution in [0.1, 0.15) is 11.1 Å². The lowest BCUT2D eigenvalue weighted by Gasteiger charge is -2.04. The zero-order valence-corrected chi connectivity index (χ0v) is 11.5. The number of nitrogens with one attached hydrogen (secondary N) is 1. The monoisotopic (exact) mass is 315 g/mol. The summed E-state index contributed by atoms with van der Waals surface area (Å²) < 4.78 is 0.859. The highest BCUT2D eigenvalue weighted by Gasteiger charge is 2.05. The van der Waals surface area contributed by atoms with Crippen LogP contribution in [0, 0.1) is 11.3 Å². The molecule has 0 saturated carbocycles. The van der Waals surface area contributed by atoms with E-state index in [1.165, 1.54) is 0 Å². The molecule has 1 N–H and O–H groups in total. The summed E-state index contributed by atoms with van der Waals surface area (Å²) >= 11 is 3.28. The standard InChI is InChI=1S/C14H10BrN3O/c15-12-5-6-13(17-9-12)18-14(19)7-10-1-3-11(8-16)4-2-10/h1-6,9H,7H2,(H,17,18,19).